The van der Waals surface area contributed by atoms with Gasteiger partial charge in [0.1, 0.15) is 0 Å². The highest BCUT2D eigenvalue weighted by atomic mass is 32.2. The fraction of sp³-hybridized carbons (Fsp3) is 0.778. The van der Waals surface area contributed by atoms with Crippen molar-refractivity contribution in [2.45, 2.75) is 25.7 Å². The van der Waals surface area contributed by atoms with Crippen LogP contribution in [0.15, 0.2) is 12.7 Å². The first kappa shape index (κ1) is 10.7. The van der Waals surface area contributed by atoms with Gasteiger partial charge in [-0.3, -0.25) is 0 Å². The van der Waals surface area contributed by atoms with Crippen molar-refractivity contribution in [1.82, 2.24) is 4.31 Å². The lowest BCUT2D eigenvalue weighted by Crippen LogP contribution is -2.32. The molecule has 1 heterocycles. The van der Waals surface area contributed by atoms with E-state index in [1.54, 1.807) is 10.4 Å². The second kappa shape index (κ2) is 4.77. The average molecular weight is 203 g/mol. The van der Waals surface area contributed by atoms with Gasteiger partial charge in [0, 0.05) is 13.1 Å². The van der Waals surface area contributed by atoms with E-state index >= 15 is 0 Å². The van der Waals surface area contributed by atoms with Gasteiger partial charge in [0.25, 0.3) is 0 Å². The van der Waals surface area contributed by atoms with Crippen LogP contribution < -0.4 is 0 Å². The number of nitrogens with zero attached hydrogens (tertiary/aromatic N) is 1. The molecule has 1 rings (SSSR count). The Hall–Kier alpha value is -0.350. The van der Waals surface area contributed by atoms with Crippen LogP contribution >= 0.6 is 0 Å². The Kier molecular flexibility index (Phi) is 3.93. The van der Waals surface area contributed by atoms with Gasteiger partial charge in [0.15, 0.2) is 0 Å². The predicted octanol–water partition coefficient (Wildman–Crippen LogP) is 1.38. The smallest absolute Gasteiger partial charge is 0.212 e. The van der Waals surface area contributed by atoms with Crippen molar-refractivity contribution in [3.63, 3.8) is 0 Å². The van der Waals surface area contributed by atoms with Crippen LogP contribution in [-0.2, 0) is 10.0 Å². The summed E-state index contributed by atoms with van der Waals surface area (Å²) >= 11 is 0. The summed E-state index contributed by atoms with van der Waals surface area (Å²) in [7, 11) is -2.95. The van der Waals surface area contributed by atoms with E-state index in [0.717, 1.165) is 25.7 Å². The van der Waals surface area contributed by atoms with Crippen LogP contribution in [0.2, 0.25) is 0 Å². The van der Waals surface area contributed by atoms with Gasteiger partial charge in [-0.25, -0.2) is 12.7 Å². The standard InChI is InChI=1S/C9H17NO2S/c1-2-3-7-10-8-5-4-6-9-13(10,11)12/h2H,1,3-9H2. The lowest BCUT2D eigenvalue weighted by atomic mass is 10.2. The van der Waals surface area contributed by atoms with Crippen molar-refractivity contribution < 1.29 is 8.42 Å². The molecule has 13 heavy (non-hydrogen) atoms. The molecule has 1 aliphatic rings. The normalized spacial score (nSPS) is 23.7. The van der Waals surface area contributed by atoms with Crippen molar-refractivity contribution in [3.05, 3.63) is 12.7 Å². The molecule has 0 spiro atoms. The number of hydrogen-bond donors (Lipinski definition) is 0. The van der Waals surface area contributed by atoms with Crippen molar-refractivity contribution in [1.29, 1.82) is 0 Å². The second-order valence-electron chi connectivity index (χ2n) is 3.35. The third-order valence-electron chi connectivity index (χ3n) is 2.29. The molecule has 0 amide bonds. The summed E-state index contributed by atoms with van der Waals surface area (Å²) in [6.07, 6.45) is 5.35. The van der Waals surface area contributed by atoms with Gasteiger partial charge >= 0.3 is 0 Å². The van der Waals surface area contributed by atoms with Crippen LogP contribution in [0.3, 0.4) is 0 Å². The van der Waals surface area contributed by atoms with Gasteiger partial charge in [0.2, 0.25) is 10.0 Å². The zero-order valence-electron chi connectivity index (χ0n) is 7.91. The lowest BCUT2D eigenvalue weighted by Gasteiger charge is -2.18. The highest BCUT2D eigenvalue weighted by Gasteiger charge is 2.22. The van der Waals surface area contributed by atoms with Gasteiger partial charge < -0.3 is 0 Å². The van der Waals surface area contributed by atoms with E-state index in [1.165, 1.54) is 0 Å². The minimum atomic E-state index is -2.95. The highest BCUT2D eigenvalue weighted by molar-refractivity contribution is 7.89. The van der Waals surface area contributed by atoms with Gasteiger partial charge in [-0.05, 0) is 19.3 Å². The molecule has 4 heteroatoms. The van der Waals surface area contributed by atoms with Crippen LogP contribution in [0.4, 0.5) is 0 Å². The van der Waals surface area contributed by atoms with Gasteiger partial charge in [-0.15, -0.1) is 6.58 Å². The van der Waals surface area contributed by atoms with Crippen LogP contribution in [0.1, 0.15) is 25.7 Å². The zero-order valence-corrected chi connectivity index (χ0v) is 8.72. The van der Waals surface area contributed by atoms with E-state index in [2.05, 4.69) is 6.58 Å². The molecule has 0 N–H and O–H groups in total. The summed E-state index contributed by atoms with van der Waals surface area (Å²) < 4.78 is 24.8. The minimum Gasteiger partial charge on any atom is -0.212 e. The summed E-state index contributed by atoms with van der Waals surface area (Å²) in [4.78, 5) is 0. The molecule has 1 fully saturated rings. The molecule has 3 nitrogen and oxygen atoms in total. The maximum Gasteiger partial charge on any atom is 0.214 e. The van der Waals surface area contributed by atoms with Crippen molar-refractivity contribution in [2.75, 3.05) is 18.8 Å². The summed E-state index contributed by atoms with van der Waals surface area (Å²) in [5, 5.41) is 0. The minimum absolute atomic E-state index is 0.324. The summed E-state index contributed by atoms with van der Waals surface area (Å²) in [5.41, 5.74) is 0. The van der Waals surface area contributed by atoms with Crippen molar-refractivity contribution in [2.24, 2.45) is 0 Å². The Labute approximate surface area is 80.5 Å². The molecular weight excluding hydrogens is 186 g/mol. The first-order valence-electron chi connectivity index (χ1n) is 4.75. The molecule has 0 aliphatic carbocycles. The van der Waals surface area contributed by atoms with Crippen molar-refractivity contribution in [3.8, 4) is 0 Å². The average Bonchev–Trinajstić information content (AvgIpc) is 2.23. The Bertz CT molecular complexity index is 259. The first-order valence-corrected chi connectivity index (χ1v) is 6.36. The fourth-order valence-corrected chi connectivity index (χ4v) is 3.12. The molecule has 0 bridgehead atoms. The molecule has 0 radical (unpaired) electrons. The van der Waals surface area contributed by atoms with E-state index < -0.39 is 10.0 Å². The van der Waals surface area contributed by atoms with Gasteiger partial charge in [-0.2, -0.15) is 0 Å². The number of hydrogen-bond acceptors (Lipinski definition) is 2. The molecule has 0 aromatic heterocycles. The van der Waals surface area contributed by atoms with Crippen LogP contribution in [0.5, 0.6) is 0 Å². The predicted molar refractivity (Wildman–Crippen MR) is 54.0 cm³/mol. The monoisotopic (exact) mass is 203 g/mol. The van der Waals surface area contributed by atoms with Gasteiger partial charge in [-0.1, -0.05) is 12.5 Å². The van der Waals surface area contributed by atoms with E-state index in [0.29, 0.717) is 18.8 Å². The molecule has 1 saturated heterocycles. The second-order valence-corrected chi connectivity index (χ2v) is 5.44. The van der Waals surface area contributed by atoms with Crippen LogP contribution in [-0.4, -0.2) is 31.6 Å². The number of sulfonamides is 1. The molecule has 0 atom stereocenters. The zero-order chi connectivity index (χ0) is 9.73. The third-order valence-corrected chi connectivity index (χ3v) is 4.24. The summed E-state index contributed by atoms with van der Waals surface area (Å²) in [6, 6.07) is 0. The van der Waals surface area contributed by atoms with Crippen LogP contribution in [0, 0.1) is 0 Å². The van der Waals surface area contributed by atoms with E-state index in [1.807, 2.05) is 0 Å². The fourth-order valence-electron chi connectivity index (χ4n) is 1.50. The molecule has 0 aromatic carbocycles. The molecule has 76 valence electrons. The summed E-state index contributed by atoms with van der Waals surface area (Å²) in [6.45, 7) is 4.89. The molecule has 0 aromatic rings. The molecule has 0 saturated carbocycles. The lowest BCUT2D eigenvalue weighted by molar-refractivity contribution is 0.418. The van der Waals surface area contributed by atoms with Crippen molar-refractivity contribution >= 4 is 10.0 Å². The van der Waals surface area contributed by atoms with E-state index in [-0.39, 0.29) is 0 Å². The molecule has 1 aliphatic heterocycles. The van der Waals surface area contributed by atoms with E-state index in [9.17, 15) is 8.42 Å². The quantitative estimate of drug-likeness (QED) is 0.650. The van der Waals surface area contributed by atoms with Gasteiger partial charge in [0.05, 0.1) is 5.75 Å². The number of rotatable bonds is 3. The largest absolute Gasteiger partial charge is 0.214 e. The van der Waals surface area contributed by atoms with Crippen LogP contribution in [0.25, 0.3) is 0 Å². The Morgan fingerprint density at radius 3 is 2.77 bits per heavy atom. The Morgan fingerprint density at radius 2 is 2.08 bits per heavy atom. The SMILES string of the molecule is C=CCCN1CCCCCS1(=O)=O. The van der Waals surface area contributed by atoms with E-state index in [4.69, 9.17) is 0 Å². The first-order chi connectivity index (χ1) is 6.17. The Morgan fingerprint density at radius 1 is 1.31 bits per heavy atom. The third kappa shape index (κ3) is 3.12. The molecular formula is C9H17NO2S. The Balaban J connectivity index is 2.61. The topological polar surface area (TPSA) is 37.4 Å². The summed E-state index contributed by atoms with van der Waals surface area (Å²) in [5.74, 6) is 0.324. The maximum absolute atomic E-state index is 11.6. The molecule has 0 unspecified atom stereocenters. The highest BCUT2D eigenvalue weighted by Crippen LogP contribution is 2.13. The maximum atomic E-state index is 11.6.